The van der Waals surface area contributed by atoms with Crippen LogP contribution in [0.25, 0.3) is 0 Å². The van der Waals surface area contributed by atoms with Gasteiger partial charge in [0.15, 0.2) is 0 Å². The minimum absolute atomic E-state index is 0.112. The molecule has 8 nitrogen and oxygen atoms in total. The lowest BCUT2D eigenvalue weighted by molar-refractivity contribution is -0.143. The third-order valence-corrected chi connectivity index (χ3v) is 7.45. The molecule has 1 saturated heterocycles. The van der Waals surface area contributed by atoms with E-state index in [0.717, 1.165) is 35.4 Å². The molecule has 1 saturated carbocycles. The number of rotatable bonds is 7. The first-order chi connectivity index (χ1) is 17.6. The summed E-state index contributed by atoms with van der Waals surface area (Å²) in [4.78, 5) is 53.4. The Bertz CT molecular complexity index is 1310. The highest BCUT2D eigenvalue weighted by molar-refractivity contribution is 6.06. The maximum atomic E-state index is 14.4. The van der Waals surface area contributed by atoms with E-state index in [2.05, 4.69) is 5.32 Å². The molecule has 4 amide bonds. The molecule has 1 unspecified atom stereocenters. The zero-order valence-electron chi connectivity index (χ0n) is 20.6. The van der Waals surface area contributed by atoms with E-state index in [-0.39, 0.29) is 36.4 Å². The van der Waals surface area contributed by atoms with Crippen molar-refractivity contribution >= 4 is 29.5 Å². The Morgan fingerprint density at radius 3 is 2.62 bits per heavy atom. The van der Waals surface area contributed by atoms with Crippen molar-refractivity contribution in [1.82, 2.24) is 9.80 Å². The first-order valence-corrected chi connectivity index (χ1v) is 12.3. The van der Waals surface area contributed by atoms with Gasteiger partial charge >= 0.3 is 6.09 Å². The molecule has 5 rings (SSSR count). The molecule has 0 aromatic heterocycles. The van der Waals surface area contributed by atoms with Crippen LogP contribution in [0.2, 0.25) is 0 Å². The molecule has 0 radical (unpaired) electrons. The normalized spacial score (nSPS) is 21.1. The second-order valence-electron chi connectivity index (χ2n) is 9.97. The highest BCUT2D eigenvalue weighted by Gasteiger charge is 2.58. The van der Waals surface area contributed by atoms with Crippen molar-refractivity contribution in [3.63, 3.8) is 0 Å². The SMILES string of the molecule is CC(=O)Nc1ccc2c(c1)CC[C@@]21OC(=O)N(CC(=O)N(Cc2ccc(F)cc2F)C(C)C2CC2)C1=O. The van der Waals surface area contributed by atoms with E-state index in [9.17, 15) is 28.0 Å². The first-order valence-electron chi connectivity index (χ1n) is 12.3. The summed E-state index contributed by atoms with van der Waals surface area (Å²) >= 11 is 0. The van der Waals surface area contributed by atoms with E-state index >= 15 is 0 Å². The van der Waals surface area contributed by atoms with Gasteiger partial charge in [0.25, 0.3) is 5.91 Å². The lowest BCUT2D eigenvalue weighted by Crippen LogP contribution is -2.47. The number of benzene rings is 2. The average molecular weight is 512 g/mol. The largest absolute Gasteiger partial charge is 0.427 e. The highest BCUT2D eigenvalue weighted by Crippen LogP contribution is 2.46. The number of nitrogens with one attached hydrogen (secondary N) is 1. The predicted octanol–water partition coefficient (Wildman–Crippen LogP) is 3.87. The van der Waals surface area contributed by atoms with Crippen LogP contribution in [-0.2, 0) is 37.7 Å². The van der Waals surface area contributed by atoms with Gasteiger partial charge in [-0.15, -0.1) is 0 Å². The van der Waals surface area contributed by atoms with Crippen LogP contribution in [0.5, 0.6) is 0 Å². The number of hydrogen-bond donors (Lipinski definition) is 1. The van der Waals surface area contributed by atoms with Gasteiger partial charge in [-0.3, -0.25) is 14.4 Å². The van der Waals surface area contributed by atoms with Crippen LogP contribution in [0.4, 0.5) is 19.3 Å². The summed E-state index contributed by atoms with van der Waals surface area (Å²) in [7, 11) is 0. The second kappa shape index (κ2) is 9.24. The van der Waals surface area contributed by atoms with Crippen LogP contribution in [0.3, 0.4) is 0 Å². The van der Waals surface area contributed by atoms with E-state index in [0.29, 0.717) is 17.7 Å². The average Bonchev–Trinajstić information content (AvgIpc) is 3.59. The molecule has 1 heterocycles. The smallest absolute Gasteiger partial charge is 0.418 e. The minimum atomic E-state index is -1.52. The monoisotopic (exact) mass is 511 g/mol. The van der Waals surface area contributed by atoms with E-state index in [4.69, 9.17) is 4.74 Å². The molecule has 1 N–H and O–H groups in total. The number of fused-ring (bicyclic) bond motifs is 2. The quantitative estimate of drug-likeness (QED) is 0.609. The Labute approximate surface area is 212 Å². The third kappa shape index (κ3) is 4.56. The Balaban J connectivity index is 1.37. The number of hydrogen-bond acceptors (Lipinski definition) is 5. The lowest BCUT2D eigenvalue weighted by Gasteiger charge is -2.31. The van der Waals surface area contributed by atoms with Crippen molar-refractivity contribution < 1.29 is 32.7 Å². The minimum Gasteiger partial charge on any atom is -0.427 e. The van der Waals surface area contributed by atoms with Crippen molar-refractivity contribution in [1.29, 1.82) is 0 Å². The summed E-state index contributed by atoms with van der Waals surface area (Å²) in [5.74, 6) is -2.62. The van der Waals surface area contributed by atoms with E-state index in [1.54, 1.807) is 18.2 Å². The Morgan fingerprint density at radius 1 is 1.19 bits per heavy atom. The molecule has 10 heteroatoms. The fourth-order valence-corrected chi connectivity index (χ4v) is 5.29. The number of carbonyl (C=O) groups excluding carboxylic acids is 4. The molecule has 2 aromatic carbocycles. The van der Waals surface area contributed by atoms with Gasteiger partial charge in [-0.2, -0.15) is 0 Å². The maximum absolute atomic E-state index is 14.4. The van der Waals surface area contributed by atoms with Gasteiger partial charge in [0.2, 0.25) is 17.4 Å². The summed E-state index contributed by atoms with van der Waals surface area (Å²) in [6, 6.07) is 7.97. The van der Waals surface area contributed by atoms with Crippen molar-refractivity contribution in [2.45, 2.75) is 57.7 Å². The Kier molecular flexibility index (Phi) is 6.21. The van der Waals surface area contributed by atoms with Crippen LogP contribution in [-0.4, -0.2) is 46.2 Å². The van der Waals surface area contributed by atoms with Crippen LogP contribution < -0.4 is 5.32 Å². The van der Waals surface area contributed by atoms with E-state index < -0.39 is 41.7 Å². The van der Waals surface area contributed by atoms with Crippen molar-refractivity contribution in [3.05, 3.63) is 64.7 Å². The molecule has 1 aliphatic heterocycles. The fourth-order valence-electron chi connectivity index (χ4n) is 5.29. The number of ether oxygens (including phenoxy) is 1. The van der Waals surface area contributed by atoms with Crippen LogP contribution in [0.1, 0.15) is 49.8 Å². The molecule has 2 aliphatic carbocycles. The molecular formula is C27H27F2N3O5. The van der Waals surface area contributed by atoms with Crippen molar-refractivity contribution in [2.75, 3.05) is 11.9 Å². The lowest BCUT2D eigenvalue weighted by atomic mass is 9.94. The topological polar surface area (TPSA) is 96.0 Å². The van der Waals surface area contributed by atoms with E-state index in [1.807, 2.05) is 6.92 Å². The number of imide groups is 1. The first kappa shape index (κ1) is 24.9. The Hall–Kier alpha value is -3.82. The number of carbonyl (C=O) groups is 4. The van der Waals surface area contributed by atoms with Gasteiger partial charge in [-0.1, -0.05) is 12.1 Å². The Morgan fingerprint density at radius 2 is 1.95 bits per heavy atom. The summed E-state index contributed by atoms with van der Waals surface area (Å²) in [6.45, 7) is 2.59. The van der Waals surface area contributed by atoms with E-state index in [1.165, 1.54) is 17.9 Å². The molecule has 3 aliphatic rings. The van der Waals surface area contributed by atoms with Crippen LogP contribution in [0, 0.1) is 17.6 Å². The maximum Gasteiger partial charge on any atom is 0.418 e. The summed E-state index contributed by atoms with van der Waals surface area (Å²) in [6.07, 6.45) is 1.61. The second-order valence-corrected chi connectivity index (χ2v) is 9.97. The number of anilines is 1. The predicted molar refractivity (Wildman–Crippen MR) is 128 cm³/mol. The van der Waals surface area contributed by atoms with Crippen LogP contribution in [0.15, 0.2) is 36.4 Å². The number of halogens is 2. The van der Waals surface area contributed by atoms with Gasteiger partial charge in [-0.05, 0) is 55.9 Å². The number of amides is 4. The van der Waals surface area contributed by atoms with Gasteiger partial charge in [-0.25, -0.2) is 18.5 Å². The zero-order valence-corrected chi connectivity index (χ0v) is 20.6. The molecule has 0 bridgehead atoms. The zero-order chi connectivity index (χ0) is 26.5. The molecule has 2 atom stereocenters. The van der Waals surface area contributed by atoms with Crippen LogP contribution >= 0.6 is 0 Å². The van der Waals surface area contributed by atoms with Gasteiger partial charge in [0, 0.05) is 48.8 Å². The molecule has 37 heavy (non-hydrogen) atoms. The molecule has 2 fully saturated rings. The molecule has 194 valence electrons. The van der Waals surface area contributed by atoms with Gasteiger partial charge in [0.05, 0.1) is 0 Å². The summed E-state index contributed by atoms with van der Waals surface area (Å²) in [5.41, 5.74) is 0.513. The molecular weight excluding hydrogens is 484 g/mol. The third-order valence-electron chi connectivity index (χ3n) is 7.45. The van der Waals surface area contributed by atoms with Gasteiger partial charge in [0.1, 0.15) is 18.2 Å². The number of aryl methyl sites for hydroxylation is 1. The summed E-state index contributed by atoms with van der Waals surface area (Å²) < 4.78 is 33.4. The van der Waals surface area contributed by atoms with Crippen molar-refractivity contribution in [3.8, 4) is 0 Å². The number of nitrogens with zero attached hydrogens (tertiary/aromatic N) is 2. The highest BCUT2D eigenvalue weighted by atomic mass is 19.1. The molecule has 2 aromatic rings. The van der Waals surface area contributed by atoms with Crippen molar-refractivity contribution in [2.24, 2.45) is 5.92 Å². The standard InChI is InChI=1S/C27H27F2N3O5/c1-15(17-3-4-17)31(13-19-5-6-20(28)12-23(19)29)24(34)14-32-25(35)27(37-26(32)36)10-9-18-11-21(30-16(2)33)7-8-22(18)27/h5-8,11-12,15,17H,3-4,9-10,13-14H2,1-2H3,(H,30,33)/t15?,27-/m1/s1. The fraction of sp³-hybridized carbons (Fsp3) is 0.407. The summed E-state index contributed by atoms with van der Waals surface area (Å²) in [5, 5.41) is 2.69. The molecule has 1 spiro atoms. The van der Waals surface area contributed by atoms with Gasteiger partial charge < -0.3 is 15.0 Å².